The average Bonchev–Trinajstić information content (AvgIpc) is 2.76. The maximum absolute atomic E-state index is 11.2. The maximum atomic E-state index is 11.2. The van der Waals surface area contributed by atoms with Gasteiger partial charge >= 0.3 is 6.09 Å². The molecule has 0 saturated heterocycles. The number of carbonyl (C=O) groups excluding carboxylic acids is 1. The van der Waals surface area contributed by atoms with Gasteiger partial charge in [-0.1, -0.05) is 38.1 Å². The van der Waals surface area contributed by atoms with Gasteiger partial charge < -0.3 is 15.2 Å². The summed E-state index contributed by atoms with van der Waals surface area (Å²) < 4.78 is 10.7. The Hall–Kier alpha value is -2.49. The van der Waals surface area contributed by atoms with Crippen molar-refractivity contribution in [2.75, 3.05) is 7.11 Å². The van der Waals surface area contributed by atoms with Gasteiger partial charge in [-0.15, -0.1) is 0 Å². The summed E-state index contributed by atoms with van der Waals surface area (Å²) in [4.78, 5) is 11.2. The highest BCUT2D eigenvalue weighted by Crippen LogP contribution is 2.48. The van der Waals surface area contributed by atoms with Crippen LogP contribution in [0.25, 0.3) is 11.1 Å². The summed E-state index contributed by atoms with van der Waals surface area (Å²) in [7, 11) is 1.67. The van der Waals surface area contributed by atoms with Crippen LogP contribution < -0.4 is 10.5 Å². The molecule has 0 saturated carbocycles. The van der Waals surface area contributed by atoms with Crippen molar-refractivity contribution in [1.82, 2.24) is 0 Å². The largest absolute Gasteiger partial charge is 0.497 e. The predicted octanol–water partition coefficient (Wildman–Crippen LogP) is 4.39. The molecular weight excluding hydrogens is 302 g/mol. The van der Waals surface area contributed by atoms with Gasteiger partial charge in [0.1, 0.15) is 11.9 Å². The van der Waals surface area contributed by atoms with Crippen molar-refractivity contribution in [3.8, 4) is 16.9 Å². The van der Waals surface area contributed by atoms with E-state index in [2.05, 4.69) is 45.0 Å². The fourth-order valence-corrected chi connectivity index (χ4v) is 3.61. The van der Waals surface area contributed by atoms with Crippen LogP contribution in [0.15, 0.2) is 36.4 Å². The number of ether oxygens (including phenoxy) is 2. The minimum absolute atomic E-state index is 0.162. The van der Waals surface area contributed by atoms with E-state index in [9.17, 15) is 4.79 Å². The molecule has 1 atom stereocenters. The van der Waals surface area contributed by atoms with Crippen molar-refractivity contribution in [2.45, 2.75) is 33.3 Å². The number of carbonyl (C=O) groups is 1. The Kier molecular flexibility index (Phi) is 3.99. The van der Waals surface area contributed by atoms with Crippen molar-refractivity contribution in [3.63, 3.8) is 0 Å². The fraction of sp³-hybridized carbons (Fsp3) is 0.350. The first kappa shape index (κ1) is 16.4. The summed E-state index contributed by atoms with van der Waals surface area (Å²) in [6.45, 7) is 6.27. The third kappa shape index (κ3) is 2.84. The number of methoxy groups -OCH3 is 1. The minimum atomic E-state index is -0.726. The van der Waals surface area contributed by atoms with Gasteiger partial charge in [-0.3, -0.25) is 0 Å². The summed E-state index contributed by atoms with van der Waals surface area (Å²) in [6.07, 6.45) is -0.171. The molecule has 24 heavy (non-hydrogen) atoms. The average molecular weight is 325 g/mol. The molecule has 0 bridgehead atoms. The second-order valence-corrected chi connectivity index (χ2v) is 7.08. The molecule has 0 spiro atoms. The van der Waals surface area contributed by atoms with Crippen LogP contribution in [0, 0.1) is 12.3 Å². The highest BCUT2D eigenvalue weighted by molar-refractivity contribution is 5.70. The topological polar surface area (TPSA) is 61.6 Å². The van der Waals surface area contributed by atoms with Gasteiger partial charge in [0.15, 0.2) is 0 Å². The Balaban J connectivity index is 2.00. The molecule has 126 valence electrons. The van der Waals surface area contributed by atoms with Crippen LogP contribution in [-0.4, -0.2) is 13.2 Å². The summed E-state index contributed by atoms with van der Waals surface area (Å²) in [5.74, 6) is 0.855. The first-order valence-corrected chi connectivity index (χ1v) is 8.06. The van der Waals surface area contributed by atoms with Crippen molar-refractivity contribution in [3.05, 3.63) is 53.1 Å². The predicted molar refractivity (Wildman–Crippen MR) is 94.1 cm³/mol. The Bertz CT molecular complexity index is 795. The molecular formula is C20H23NO3. The number of fused-ring (bicyclic) bond motifs is 1. The number of rotatable bonds is 3. The van der Waals surface area contributed by atoms with E-state index in [0.717, 1.165) is 28.9 Å². The smallest absolute Gasteiger partial charge is 0.405 e. The van der Waals surface area contributed by atoms with E-state index >= 15 is 0 Å². The summed E-state index contributed by atoms with van der Waals surface area (Å²) in [5.41, 5.74) is 10.8. The molecule has 2 N–H and O–H groups in total. The van der Waals surface area contributed by atoms with Gasteiger partial charge in [0.2, 0.25) is 0 Å². The van der Waals surface area contributed by atoms with E-state index in [-0.39, 0.29) is 11.5 Å². The second-order valence-electron chi connectivity index (χ2n) is 7.08. The Labute approximate surface area is 142 Å². The zero-order chi connectivity index (χ0) is 17.5. The van der Waals surface area contributed by atoms with E-state index in [1.807, 2.05) is 12.1 Å². The Morgan fingerprint density at radius 3 is 2.58 bits per heavy atom. The molecule has 2 aromatic carbocycles. The number of primary amides is 1. The first-order valence-electron chi connectivity index (χ1n) is 8.06. The van der Waals surface area contributed by atoms with Crippen LogP contribution in [0.4, 0.5) is 4.79 Å². The molecule has 1 aliphatic carbocycles. The molecule has 0 aliphatic heterocycles. The SMILES string of the molecule is COc1ccc(-c2ccc3c(c2)CC(C)(C)C3OC(N)=O)c(C)c1. The van der Waals surface area contributed by atoms with Gasteiger partial charge in [-0.2, -0.15) is 0 Å². The maximum Gasteiger partial charge on any atom is 0.405 e. The summed E-state index contributed by atoms with van der Waals surface area (Å²) in [6, 6.07) is 12.4. The third-order valence-electron chi connectivity index (χ3n) is 4.76. The van der Waals surface area contributed by atoms with Crippen molar-refractivity contribution < 1.29 is 14.3 Å². The van der Waals surface area contributed by atoms with Crippen LogP contribution in [0.2, 0.25) is 0 Å². The molecule has 4 heteroatoms. The fourth-order valence-electron chi connectivity index (χ4n) is 3.61. The van der Waals surface area contributed by atoms with E-state index in [4.69, 9.17) is 15.2 Å². The number of aryl methyl sites for hydroxylation is 1. The lowest BCUT2D eigenvalue weighted by molar-refractivity contribution is 0.0392. The van der Waals surface area contributed by atoms with Crippen LogP contribution in [0.5, 0.6) is 5.75 Å². The number of nitrogens with two attached hydrogens (primary N) is 1. The lowest BCUT2D eigenvalue weighted by atomic mass is 9.87. The van der Waals surface area contributed by atoms with Crippen LogP contribution in [0.3, 0.4) is 0 Å². The zero-order valence-corrected chi connectivity index (χ0v) is 14.6. The number of benzene rings is 2. The van der Waals surface area contributed by atoms with E-state index < -0.39 is 6.09 Å². The lowest BCUT2D eigenvalue weighted by Gasteiger charge is -2.26. The third-order valence-corrected chi connectivity index (χ3v) is 4.76. The van der Waals surface area contributed by atoms with E-state index in [1.165, 1.54) is 11.1 Å². The van der Waals surface area contributed by atoms with Crippen LogP contribution in [0.1, 0.15) is 36.6 Å². The van der Waals surface area contributed by atoms with Gasteiger partial charge in [-0.05, 0) is 53.3 Å². The van der Waals surface area contributed by atoms with Crippen molar-refractivity contribution >= 4 is 6.09 Å². The molecule has 0 heterocycles. The highest BCUT2D eigenvalue weighted by atomic mass is 16.6. The molecule has 2 aromatic rings. The second kappa shape index (κ2) is 5.86. The summed E-state index contributed by atoms with van der Waals surface area (Å²) >= 11 is 0. The molecule has 0 aromatic heterocycles. The lowest BCUT2D eigenvalue weighted by Crippen LogP contribution is -2.25. The van der Waals surface area contributed by atoms with Crippen molar-refractivity contribution in [2.24, 2.45) is 11.1 Å². The van der Waals surface area contributed by atoms with Crippen LogP contribution >= 0.6 is 0 Å². The molecule has 3 rings (SSSR count). The molecule has 1 unspecified atom stereocenters. The minimum Gasteiger partial charge on any atom is -0.497 e. The van der Waals surface area contributed by atoms with E-state index in [1.54, 1.807) is 7.11 Å². The number of hydrogen-bond donors (Lipinski definition) is 1. The standard InChI is InChI=1S/C20H23NO3/c1-12-9-15(23-4)6-8-16(12)13-5-7-17-14(10-13)11-20(2,3)18(17)24-19(21)22/h5-10,18H,11H2,1-4H3,(H2,21,22). The number of amides is 1. The normalized spacial score (nSPS) is 18.1. The van der Waals surface area contributed by atoms with Gasteiger partial charge in [0.25, 0.3) is 0 Å². The molecule has 4 nitrogen and oxygen atoms in total. The molecule has 0 radical (unpaired) electrons. The quantitative estimate of drug-likeness (QED) is 0.910. The number of hydrogen-bond acceptors (Lipinski definition) is 3. The molecule has 1 amide bonds. The van der Waals surface area contributed by atoms with Crippen molar-refractivity contribution in [1.29, 1.82) is 0 Å². The Morgan fingerprint density at radius 2 is 1.96 bits per heavy atom. The Morgan fingerprint density at radius 1 is 1.21 bits per heavy atom. The zero-order valence-electron chi connectivity index (χ0n) is 14.6. The van der Waals surface area contributed by atoms with Gasteiger partial charge in [0.05, 0.1) is 7.11 Å². The first-order chi connectivity index (χ1) is 11.3. The summed E-state index contributed by atoms with van der Waals surface area (Å²) in [5, 5.41) is 0. The van der Waals surface area contributed by atoms with Gasteiger partial charge in [0, 0.05) is 5.41 Å². The molecule has 0 fully saturated rings. The highest BCUT2D eigenvalue weighted by Gasteiger charge is 2.41. The van der Waals surface area contributed by atoms with Gasteiger partial charge in [-0.25, -0.2) is 4.79 Å². The molecule has 1 aliphatic rings. The monoisotopic (exact) mass is 325 g/mol. The van der Waals surface area contributed by atoms with E-state index in [0.29, 0.717) is 0 Å². The van der Waals surface area contributed by atoms with Crippen LogP contribution in [-0.2, 0) is 11.2 Å².